The molecule has 1 amide bonds. The van der Waals surface area contributed by atoms with Crippen molar-refractivity contribution in [2.24, 2.45) is 0 Å². The predicted molar refractivity (Wildman–Crippen MR) is 93.6 cm³/mol. The van der Waals surface area contributed by atoms with Crippen LogP contribution in [0.2, 0.25) is 0 Å². The van der Waals surface area contributed by atoms with Crippen LogP contribution in [0.1, 0.15) is 44.2 Å². The number of hydrogen-bond donors (Lipinski definition) is 2. The number of rotatable bonds is 6. The Hall–Kier alpha value is -2.48. The molecule has 1 fully saturated rings. The van der Waals surface area contributed by atoms with E-state index >= 15 is 0 Å². The average molecular weight is 344 g/mol. The number of carbonyl (C=O) groups is 1. The normalized spacial score (nSPS) is 15.3. The minimum absolute atomic E-state index is 0.0832. The Kier molecular flexibility index (Phi) is 5.60. The summed E-state index contributed by atoms with van der Waals surface area (Å²) in [7, 11) is 0. The molecule has 0 atom stereocenters. The van der Waals surface area contributed by atoms with Gasteiger partial charge in [0.15, 0.2) is 6.61 Å². The van der Waals surface area contributed by atoms with Crippen LogP contribution < -0.4 is 15.4 Å². The number of anilines is 1. The fraction of sp³-hybridized carbons (Fsp3) is 0.529. The first-order chi connectivity index (χ1) is 12.1. The van der Waals surface area contributed by atoms with Gasteiger partial charge in [-0.15, -0.1) is 0 Å². The monoisotopic (exact) mass is 344 g/mol. The van der Waals surface area contributed by atoms with Crippen molar-refractivity contribution < 1.29 is 9.53 Å². The molecule has 2 aromatic rings. The molecule has 0 spiro atoms. The number of tetrazole rings is 1. The van der Waals surface area contributed by atoms with E-state index in [9.17, 15) is 4.79 Å². The molecule has 0 saturated carbocycles. The fourth-order valence-corrected chi connectivity index (χ4v) is 2.83. The zero-order chi connectivity index (χ0) is 17.6. The van der Waals surface area contributed by atoms with Gasteiger partial charge in [-0.05, 0) is 60.0 Å². The molecule has 1 aliphatic rings. The first-order valence-corrected chi connectivity index (χ1v) is 8.64. The van der Waals surface area contributed by atoms with E-state index in [2.05, 4.69) is 40.0 Å². The number of hydrogen-bond acceptors (Lipinski definition) is 6. The third kappa shape index (κ3) is 4.54. The summed E-state index contributed by atoms with van der Waals surface area (Å²) >= 11 is 0. The number of ether oxygens (including phenoxy) is 1. The Bertz CT molecular complexity index is 691. The van der Waals surface area contributed by atoms with Gasteiger partial charge in [-0.25, -0.2) is 4.68 Å². The minimum atomic E-state index is -0.280. The van der Waals surface area contributed by atoms with Crippen LogP contribution in [-0.2, 0) is 4.79 Å². The Balaban J connectivity index is 1.53. The molecular formula is C17H24N6O2. The van der Waals surface area contributed by atoms with Crippen molar-refractivity contribution in [1.29, 1.82) is 0 Å². The first-order valence-electron chi connectivity index (χ1n) is 8.64. The van der Waals surface area contributed by atoms with Crippen molar-refractivity contribution in [2.45, 2.75) is 38.6 Å². The van der Waals surface area contributed by atoms with Gasteiger partial charge in [0, 0.05) is 0 Å². The highest BCUT2D eigenvalue weighted by molar-refractivity contribution is 5.90. The smallest absolute Gasteiger partial charge is 0.264 e. The SMILES string of the molecule is CC(C)c1ccc(OCC(=O)Nc2nnnn2C2CCNCC2)cc1. The zero-order valence-corrected chi connectivity index (χ0v) is 14.6. The minimum Gasteiger partial charge on any atom is -0.484 e. The first kappa shape index (κ1) is 17.3. The van der Waals surface area contributed by atoms with Crippen molar-refractivity contribution >= 4 is 11.9 Å². The van der Waals surface area contributed by atoms with Crippen LogP contribution in [0.3, 0.4) is 0 Å². The van der Waals surface area contributed by atoms with Crippen LogP contribution in [0.4, 0.5) is 5.95 Å². The van der Waals surface area contributed by atoms with Gasteiger partial charge in [0.2, 0.25) is 5.95 Å². The number of carbonyl (C=O) groups excluding carboxylic acids is 1. The summed E-state index contributed by atoms with van der Waals surface area (Å²) in [6, 6.07) is 7.98. The summed E-state index contributed by atoms with van der Waals surface area (Å²) in [5, 5.41) is 17.6. The molecule has 0 unspecified atom stereocenters. The van der Waals surface area contributed by atoms with Gasteiger partial charge < -0.3 is 10.1 Å². The maximum Gasteiger partial charge on any atom is 0.264 e. The summed E-state index contributed by atoms with van der Waals surface area (Å²) in [6.07, 6.45) is 1.87. The topological polar surface area (TPSA) is 94.0 Å². The van der Waals surface area contributed by atoms with Crippen molar-refractivity contribution in [3.8, 4) is 5.75 Å². The second-order valence-electron chi connectivity index (χ2n) is 6.49. The van der Waals surface area contributed by atoms with Gasteiger partial charge in [-0.3, -0.25) is 10.1 Å². The molecule has 1 saturated heterocycles. The van der Waals surface area contributed by atoms with E-state index in [4.69, 9.17) is 4.74 Å². The summed E-state index contributed by atoms with van der Waals surface area (Å²) in [6.45, 7) is 6.03. The molecule has 25 heavy (non-hydrogen) atoms. The molecule has 1 aromatic carbocycles. The van der Waals surface area contributed by atoms with E-state index in [0.717, 1.165) is 25.9 Å². The maximum atomic E-state index is 12.1. The molecule has 2 heterocycles. The van der Waals surface area contributed by atoms with Crippen LogP contribution in [-0.4, -0.2) is 45.8 Å². The number of benzene rings is 1. The van der Waals surface area contributed by atoms with E-state index in [1.54, 1.807) is 4.68 Å². The number of nitrogens with one attached hydrogen (secondary N) is 2. The van der Waals surface area contributed by atoms with Crippen molar-refractivity contribution in [3.63, 3.8) is 0 Å². The fourth-order valence-electron chi connectivity index (χ4n) is 2.83. The van der Waals surface area contributed by atoms with E-state index in [-0.39, 0.29) is 18.6 Å². The van der Waals surface area contributed by atoms with Gasteiger partial charge in [-0.1, -0.05) is 31.1 Å². The van der Waals surface area contributed by atoms with Gasteiger partial charge in [0.25, 0.3) is 5.91 Å². The second-order valence-corrected chi connectivity index (χ2v) is 6.49. The number of nitrogens with zero attached hydrogens (tertiary/aromatic N) is 4. The summed E-state index contributed by atoms with van der Waals surface area (Å²) in [4.78, 5) is 12.1. The summed E-state index contributed by atoms with van der Waals surface area (Å²) in [5.74, 6) is 1.22. The third-order valence-electron chi connectivity index (χ3n) is 4.32. The second kappa shape index (κ2) is 8.06. The van der Waals surface area contributed by atoms with Crippen LogP contribution >= 0.6 is 0 Å². The van der Waals surface area contributed by atoms with Crippen LogP contribution in [0.15, 0.2) is 24.3 Å². The van der Waals surface area contributed by atoms with E-state index in [1.807, 2.05) is 24.3 Å². The lowest BCUT2D eigenvalue weighted by Gasteiger charge is -2.23. The molecule has 8 nitrogen and oxygen atoms in total. The van der Waals surface area contributed by atoms with Crippen molar-refractivity contribution in [3.05, 3.63) is 29.8 Å². The van der Waals surface area contributed by atoms with Crippen LogP contribution in [0, 0.1) is 0 Å². The van der Waals surface area contributed by atoms with Gasteiger partial charge in [0.05, 0.1) is 6.04 Å². The Labute approximate surface area is 146 Å². The standard InChI is InChI=1S/C17H24N6O2/c1-12(2)13-3-5-15(6-4-13)25-11-16(24)19-17-20-21-22-23(17)14-7-9-18-10-8-14/h3-6,12,14,18H,7-11H2,1-2H3,(H,19,20,22,24). The Morgan fingerprint density at radius 1 is 1.32 bits per heavy atom. The Morgan fingerprint density at radius 2 is 2.04 bits per heavy atom. The zero-order valence-electron chi connectivity index (χ0n) is 14.6. The van der Waals surface area contributed by atoms with Crippen LogP contribution in [0.5, 0.6) is 5.75 Å². The maximum absolute atomic E-state index is 12.1. The molecule has 8 heteroatoms. The predicted octanol–water partition coefficient (Wildman–Crippen LogP) is 1.74. The lowest BCUT2D eigenvalue weighted by molar-refractivity contribution is -0.118. The summed E-state index contributed by atoms with van der Waals surface area (Å²) in [5.41, 5.74) is 1.23. The molecule has 134 valence electrons. The van der Waals surface area contributed by atoms with Crippen molar-refractivity contribution in [2.75, 3.05) is 25.0 Å². The van der Waals surface area contributed by atoms with Crippen LogP contribution in [0.25, 0.3) is 0 Å². The van der Waals surface area contributed by atoms with Gasteiger partial charge in [-0.2, -0.15) is 0 Å². The molecule has 3 rings (SSSR count). The van der Waals surface area contributed by atoms with E-state index in [1.165, 1.54) is 5.56 Å². The van der Waals surface area contributed by atoms with E-state index in [0.29, 0.717) is 17.6 Å². The number of amides is 1. The molecule has 1 aliphatic heterocycles. The Morgan fingerprint density at radius 3 is 2.72 bits per heavy atom. The number of aromatic nitrogens is 4. The highest BCUT2D eigenvalue weighted by atomic mass is 16.5. The molecule has 0 aliphatic carbocycles. The van der Waals surface area contributed by atoms with Crippen molar-refractivity contribution in [1.82, 2.24) is 25.5 Å². The van der Waals surface area contributed by atoms with Gasteiger partial charge >= 0.3 is 0 Å². The quantitative estimate of drug-likeness (QED) is 0.829. The highest BCUT2D eigenvalue weighted by Gasteiger charge is 2.21. The average Bonchev–Trinajstić information content (AvgIpc) is 3.09. The molecule has 2 N–H and O–H groups in total. The summed E-state index contributed by atoms with van der Waals surface area (Å²) < 4.78 is 7.23. The molecule has 0 radical (unpaired) electrons. The highest BCUT2D eigenvalue weighted by Crippen LogP contribution is 2.20. The largest absolute Gasteiger partial charge is 0.484 e. The lowest BCUT2D eigenvalue weighted by Crippen LogP contribution is -2.31. The van der Waals surface area contributed by atoms with Gasteiger partial charge in [0.1, 0.15) is 5.75 Å². The number of piperidine rings is 1. The molecule has 1 aromatic heterocycles. The lowest BCUT2D eigenvalue weighted by atomic mass is 10.0. The molecule has 0 bridgehead atoms. The molecular weight excluding hydrogens is 320 g/mol. The third-order valence-corrected chi connectivity index (χ3v) is 4.32. The van der Waals surface area contributed by atoms with E-state index < -0.39 is 0 Å².